The molecule has 2 fully saturated rings. The molecule has 8 heteroatoms. The fourth-order valence-electron chi connectivity index (χ4n) is 3.40. The summed E-state index contributed by atoms with van der Waals surface area (Å²) in [4.78, 5) is 19.0. The average molecular weight is 446 g/mol. The number of carbonyl (C=O) groups excluding carboxylic acids is 1. The first-order valence-electron chi connectivity index (χ1n) is 9.39. The van der Waals surface area contributed by atoms with Gasteiger partial charge in [-0.05, 0) is 50.3 Å². The molecule has 1 aliphatic heterocycles. The third-order valence-electron chi connectivity index (χ3n) is 5.20. The van der Waals surface area contributed by atoms with Crippen LogP contribution in [0, 0.1) is 11.7 Å². The van der Waals surface area contributed by atoms with E-state index in [4.69, 9.17) is 0 Å². The quantitative estimate of drug-likeness (QED) is 0.719. The Morgan fingerprint density at radius 3 is 2.64 bits per heavy atom. The first-order valence-corrected chi connectivity index (χ1v) is 10.3. The van der Waals surface area contributed by atoms with Crippen molar-refractivity contribution in [3.8, 4) is 10.6 Å². The first kappa shape index (κ1) is 23.1. The molecule has 0 spiro atoms. The predicted octanol–water partition coefficient (Wildman–Crippen LogP) is 4.33. The second-order valence-electron chi connectivity index (χ2n) is 7.34. The number of carbonyl (C=O) groups is 1. The molecule has 4 nitrogen and oxygen atoms in total. The Bertz CT molecular complexity index is 776. The van der Waals surface area contributed by atoms with Crippen LogP contribution in [0.15, 0.2) is 29.6 Å². The molecule has 0 radical (unpaired) electrons. The minimum absolute atomic E-state index is 0. The number of thiazole rings is 1. The van der Waals surface area contributed by atoms with Gasteiger partial charge in [-0.3, -0.25) is 4.79 Å². The topological polar surface area (TPSA) is 45.2 Å². The number of rotatable bonds is 6. The third-order valence-corrected chi connectivity index (χ3v) is 6.14. The van der Waals surface area contributed by atoms with Crippen molar-refractivity contribution in [3.05, 3.63) is 41.2 Å². The molecule has 28 heavy (non-hydrogen) atoms. The lowest BCUT2D eigenvalue weighted by Crippen LogP contribution is -2.45. The van der Waals surface area contributed by atoms with Crippen LogP contribution in [0.5, 0.6) is 0 Å². The number of amides is 1. The largest absolute Gasteiger partial charge is 0.342 e. The lowest BCUT2D eigenvalue weighted by Gasteiger charge is -2.32. The van der Waals surface area contributed by atoms with E-state index in [9.17, 15) is 9.18 Å². The van der Waals surface area contributed by atoms with Crippen LogP contribution in [0.1, 0.15) is 31.4 Å². The van der Waals surface area contributed by atoms with E-state index in [0.29, 0.717) is 12.5 Å². The number of hydrogen-bond donors (Lipinski definition) is 1. The standard InChI is InChI=1S/C20H24FN3OS.2ClH/c21-16-3-1-2-15(10-16)20-23-18(13-26-20)11-19(25)24-8-6-17(7-9-24)22-12-14-4-5-14;;/h1-3,10,13-14,17,22H,4-9,11-12H2;2*1H. The molecule has 2 heterocycles. The van der Waals surface area contributed by atoms with Gasteiger partial charge >= 0.3 is 0 Å². The molecule has 1 amide bonds. The van der Waals surface area contributed by atoms with Crippen molar-refractivity contribution in [1.29, 1.82) is 0 Å². The first-order chi connectivity index (χ1) is 12.7. The van der Waals surface area contributed by atoms with E-state index in [2.05, 4.69) is 10.3 Å². The molecule has 1 aliphatic carbocycles. The Kier molecular flexibility index (Phi) is 8.68. The molecule has 154 valence electrons. The maximum absolute atomic E-state index is 13.4. The van der Waals surface area contributed by atoms with Crippen LogP contribution in [0.3, 0.4) is 0 Å². The molecule has 0 bridgehead atoms. The Labute approximate surface area is 181 Å². The average Bonchev–Trinajstić information content (AvgIpc) is 3.37. The number of benzene rings is 1. The van der Waals surface area contributed by atoms with E-state index in [0.717, 1.165) is 54.7 Å². The van der Waals surface area contributed by atoms with Crippen molar-refractivity contribution in [2.24, 2.45) is 5.92 Å². The highest BCUT2D eigenvalue weighted by molar-refractivity contribution is 7.13. The molecule has 1 N–H and O–H groups in total. The van der Waals surface area contributed by atoms with E-state index in [1.807, 2.05) is 16.3 Å². The van der Waals surface area contributed by atoms with Gasteiger partial charge in [0.15, 0.2) is 0 Å². The highest BCUT2D eigenvalue weighted by Crippen LogP contribution is 2.28. The van der Waals surface area contributed by atoms with Gasteiger partial charge < -0.3 is 10.2 Å². The maximum Gasteiger partial charge on any atom is 0.228 e. The maximum atomic E-state index is 13.4. The van der Waals surface area contributed by atoms with E-state index in [-0.39, 0.29) is 36.5 Å². The Morgan fingerprint density at radius 1 is 1.21 bits per heavy atom. The zero-order chi connectivity index (χ0) is 17.9. The normalized spacial score (nSPS) is 17.0. The summed E-state index contributed by atoms with van der Waals surface area (Å²) in [6, 6.07) is 6.97. The predicted molar refractivity (Wildman–Crippen MR) is 116 cm³/mol. The van der Waals surface area contributed by atoms with Crippen LogP contribution < -0.4 is 5.32 Å². The Morgan fingerprint density at radius 2 is 1.96 bits per heavy atom. The van der Waals surface area contributed by atoms with Gasteiger partial charge in [0.2, 0.25) is 5.91 Å². The van der Waals surface area contributed by atoms with Crippen molar-refractivity contribution in [3.63, 3.8) is 0 Å². The molecule has 4 rings (SSSR count). The highest BCUT2D eigenvalue weighted by Gasteiger charge is 2.26. The number of nitrogens with zero attached hydrogens (tertiary/aromatic N) is 2. The molecule has 2 aromatic rings. The number of hydrogen-bond acceptors (Lipinski definition) is 4. The summed E-state index contributed by atoms with van der Waals surface area (Å²) in [6.45, 7) is 2.78. The fraction of sp³-hybridized carbons (Fsp3) is 0.500. The van der Waals surface area contributed by atoms with Crippen molar-refractivity contribution < 1.29 is 9.18 Å². The van der Waals surface area contributed by atoms with Crippen molar-refractivity contribution in [2.45, 2.75) is 38.1 Å². The van der Waals surface area contributed by atoms with Crippen molar-refractivity contribution in [1.82, 2.24) is 15.2 Å². The van der Waals surface area contributed by atoms with Gasteiger partial charge in [0.1, 0.15) is 10.8 Å². The molecule has 1 aromatic carbocycles. The van der Waals surface area contributed by atoms with Crippen LogP contribution in [0.2, 0.25) is 0 Å². The van der Waals surface area contributed by atoms with Crippen molar-refractivity contribution >= 4 is 42.1 Å². The molecule has 2 aliphatic rings. The lowest BCUT2D eigenvalue weighted by atomic mass is 10.0. The zero-order valence-corrected chi connectivity index (χ0v) is 18.1. The molecule has 1 saturated carbocycles. The molecule has 1 aromatic heterocycles. The van der Waals surface area contributed by atoms with Gasteiger partial charge in [0.05, 0.1) is 12.1 Å². The minimum atomic E-state index is -0.270. The summed E-state index contributed by atoms with van der Waals surface area (Å²) in [7, 11) is 0. The van der Waals surface area contributed by atoms with Crippen molar-refractivity contribution in [2.75, 3.05) is 19.6 Å². The summed E-state index contributed by atoms with van der Waals surface area (Å²) in [5.74, 6) is 0.766. The van der Waals surface area contributed by atoms with Crippen LogP contribution in [0.25, 0.3) is 10.6 Å². The highest BCUT2D eigenvalue weighted by atomic mass is 35.5. The number of aromatic nitrogens is 1. The van der Waals surface area contributed by atoms with Gasteiger partial charge in [-0.1, -0.05) is 12.1 Å². The van der Waals surface area contributed by atoms with Gasteiger partial charge in [-0.2, -0.15) is 0 Å². The monoisotopic (exact) mass is 445 g/mol. The van der Waals surface area contributed by atoms with E-state index >= 15 is 0 Å². The third kappa shape index (κ3) is 6.14. The molecule has 0 atom stereocenters. The van der Waals surface area contributed by atoms with Crippen LogP contribution >= 0.6 is 36.2 Å². The van der Waals surface area contributed by atoms with E-state index < -0.39 is 0 Å². The molecular formula is C20H26Cl2FN3OS. The van der Waals surface area contributed by atoms with Gasteiger partial charge in [-0.15, -0.1) is 36.2 Å². The fourth-order valence-corrected chi connectivity index (χ4v) is 4.21. The van der Waals surface area contributed by atoms with Gasteiger partial charge in [0.25, 0.3) is 0 Å². The van der Waals surface area contributed by atoms with Crippen LogP contribution in [-0.4, -0.2) is 41.5 Å². The smallest absolute Gasteiger partial charge is 0.228 e. The zero-order valence-electron chi connectivity index (χ0n) is 15.6. The Balaban J connectivity index is 0.00000140. The Hall–Kier alpha value is -1.21. The molecule has 1 saturated heterocycles. The summed E-state index contributed by atoms with van der Waals surface area (Å²) in [5.41, 5.74) is 1.53. The van der Waals surface area contributed by atoms with E-state index in [1.54, 1.807) is 6.07 Å². The summed E-state index contributed by atoms with van der Waals surface area (Å²) >= 11 is 1.46. The summed E-state index contributed by atoms with van der Waals surface area (Å²) in [6.07, 6.45) is 5.13. The number of nitrogens with one attached hydrogen (secondary N) is 1. The summed E-state index contributed by atoms with van der Waals surface area (Å²) in [5, 5.41) is 6.30. The SMILES string of the molecule is Cl.Cl.O=C(Cc1csc(-c2cccc(F)c2)n1)N1CCC(NCC2CC2)CC1. The van der Waals surface area contributed by atoms with Gasteiger partial charge in [0, 0.05) is 30.1 Å². The van der Waals surface area contributed by atoms with Gasteiger partial charge in [-0.25, -0.2) is 9.37 Å². The van der Waals surface area contributed by atoms with Crippen LogP contribution in [0.4, 0.5) is 4.39 Å². The second kappa shape index (κ2) is 10.5. The summed E-state index contributed by atoms with van der Waals surface area (Å²) < 4.78 is 13.4. The second-order valence-corrected chi connectivity index (χ2v) is 8.20. The number of halogens is 3. The number of likely N-dealkylation sites (tertiary alicyclic amines) is 1. The lowest BCUT2D eigenvalue weighted by molar-refractivity contribution is -0.131. The molecular weight excluding hydrogens is 420 g/mol. The molecule has 0 unspecified atom stereocenters. The minimum Gasteiger partial charge on any atom is -0.342 e. The van der Waals surface area contributed by atoms with Crippen LogP contribution in [-0.2, 0) is 11.2 Å². The number of piperidine rings is 1. The van der Waals surface area contributed by atoms with E-state index in [1.165, 1.54) is 36.3 Å².